The van der Waals surface area contributed by atoms with E-state index >= 15 is 0 Å². The molecule has 2 heterocycles. The molecule has 29 heavy (non-hydrogen) atoms. The number of thioether (sulfide) groups is 2. The van der Waals surface area contributed by atoms with E-state index < -0.39 is 11.1 Å². The fourth-order valence-corrected chi connectivity index (χ4v) is 2.94. The second-order valence-electron chi connectivity index (χ2n) is 4.75. The van der Waals surface area contributed by atoms with Gasteiger partial charge in [-0.25, -0.2) is 28.7 Å². The van der Waals surface area contributed by atoms with Gasteiger partial charge in [-0.15, -0.1) is 9.81 Å². The zero-order chi connectivity index (χ0) is 22.7. The Bertz CT molecular complexity index is 910. The predicted molar refractivity (Wildman–Crippen MR) is 111 cm³/mol. The number of aromatic nitrogens is 4. The molecule has 12 nitrogen and oxygen atoms in total. The number of H-pyrrole nitrogens is 2. The van der Waals surface area contributed by atoms with Crippen LogP contribution < -0.4 is 32.6 Å². The van der Waals surface area contributed by atoms with Crippen LogP contribution in [0.3, 0.4) is 0 Å². The van der Waals surface area contributed by atoms with Crippen LogP contribution in [-0.4, -0.2) is 21.6 Å². The van der Waals surface area contributed by atoms with Crippen LogP contribution in [0.2, 0.25) is 0 Å². The molecule has 0 bridgehead atoms. The third-order valence-corrected chi connectivity index (χ3v) is 4.71. The van der Waals surface area contributed by atoms with Crippen LogP contribution in [0.1, 0.15) is 0 Å². The summed E-state index contributed by atoms with van der Waals surface area (Å²) >= 11 is 2.55. The number of nitrogens with zero attached hydrogens (tertiary/aromatic N) is 4. The van der Waals surface area contributed by atoms with Gasteiger partial charge in [-0.2, -0.15) is 0 Å². The number of nitrogens with two attached hydrogens (primary N) is 2. The number of aromatic amines is 2. The van der Waals surface area contributed by atoms with Gasteiger partial charge in [0.15, 0.2) is 0 Å². The second-order valence-corrected chi connectivity index (χ2v) is 8.70. The van der Waals surface area contributed by atoms with E-state index in [0.717, 1.165) is 0 Å². The Labute approximate surface area is 189 Å². The van der Waals surface area contributed by atoms with Crippen LogP contribution in [0.5, 0.6) is 0 Å². The summed E-state index contributed by atoms with van der Waals surface area (Å²) in [5.41, 5.74) is 9.27. The molecule has 164 valence electrons. The Balaban J connectivity index is 0.000000477. The van der Waals surface area contributed by atoms with E-state index in [0.29, 0.717) is 10.3 Å². The molecule has 0 amide bonds. The number of nitrogens with one attached hydrogen (secondary N) is 2. The molecule has 0 radical (unpaired) electrons. The molecule has 0 atom stereocenters. The maximum absolute atomic E-state index is 11.4. The van der Waals surface area contributed by atoms with Crippen LogP contribution in [0.15, 0.2) is 30.3 Å². The number of anilines is 2. The zero-order valence-electron chi connectivity index (χ0n) is 15.5. The van der Waals surface area contributed by atoms with E-state index in [2.05, 4.69) is 20.3 Å². The number of nitrogen functional groups attached to an aromatic ring is 2. The first kappa shape index (κ1) is 27.5. The van der Waals surface area contributed by atoms with Crippen molar-refractivity contribution in [2.24, 2.45) is 24.4 Å². The Kier molecular flexibility index (Phi) is 13.0. The quantitative estimate of drug-likeness (QED) is 0.234. The van der Waals surface area contributed by atoms with Gasteiger partial charge in [0.05, 0.1) is 14.1 Å². The molecule has 2 rings (SSSR count). The van der Waals surface area contributed by atoms with E-state index in [1.165, 1.54) is 32.7 Å². The van der Waals surface area contributed by atoms with Crippen molar-refractivity contribution < 1.29 is 25.9 Å². The van der Waals surface area contributed by atoms with Crippen LogP contribution in [0.4, 0.5) is 23.0 Å². The molecule has 0 saturated heterocycles. The van der Waals surface area contributed by atoms with Gasteiger partial charge < -0.3 is 11.5 Å². The summed E-state index contributed by atoms with van der Waals surface area (Å²) in [5.74, 6) is 0.00454. The van der Waals surface area contributed by atoms with Gasteiger partial charge in [-0.3, -0.25) is 0 Å². The van der Waals surface area contributed by atoms with Crippen LogP contribution in [-0.2, 0) is 30.0 Å². The summed E-state index contributed by atoms with van der Waals surface area (Å²) in [7, 11) is 12.7. The molecule has 0 aliphatic carbocycles. The Morgan fingerprint density at radius 2 is 1.14 bits per heavy atom. The normalized spacial score (nSPS) is 9.72. The summed E-state index contributed by atoms with van der Waals surface area (Å²) in [4.78, 5) is 48.6. The van der Waals surface area contributed by atoms with Crippen molar-refractivity contribution in [3.05, 3.63) is 30.5 Å². The Hall–Kier alpha value is -1.50. The van der Waals surface area contributed by atoms with E-state index in [1.54, 1.807) is 26.6 Å². The van der Waals surface area contributed by atoms with E-state index in [-0.39, 0.29) is 38.9 Å². The third kappa shape index (κ3) is 7.36. The van der Waals surface area contributed by atoms with Crippen LogP contribution >= 0.6 is 42.6 Å². The fraction of sp³-hybridized carbons (Fsp3) is 0.333. The molecule has 2 aromatic heterocycles. The average molecular weight is 580 g/mol. The molecule has 0 aliphatic heterocycles. The average Bonchev–Trinajstić information content (AvgIpc) is 2.69. The van der Waals surface area contributed by atoms with E-state index in [9.17, 15) is 19.4 Å². The van der Waals surface area contributed by atoms with Crippen molar-refractivity contribution in [1.29, 1.82) is 0 Å². The molecule has 0 aliphatic rings. The summed E-state index contributed by atoms with van der Waals surface area (Å²) in [6.45, 7) is 0. The van der Waals surface area contributed by atoms with E-state index in [4.69, 9.17) is 30.5 Å². The van der Waals surface area contributed by atoms with Crippen molar-refractivity contribution >= 4 is 65.6 Å². The van der Waals surface area contributed by atoms with Crippen molar-refractivity contribution in [3.63, 3.8) is 0 Å². The molecule has 0 saturated carbocycles. The second kappa shape index (κ2) is 13.7. The summed E-state index contributed by atoms with van der Waals surface area (Å²) in [6, 6.07) is 0. The van der Waals surface area contributed by atoms with Crippen molar-refractivity contribution in [2.45, 2.75) is 10.3 Å². The SMILES string of the molecule is CSc1[nH+]c(N)c(N=O)c(=O)n1C.CSc1[nH+]c(N)c(N=O)c(=O)n1C.[Cl][Pd][Cl]. The molecule has 0 aromatic carbocycles. The molecule has 2 aromatic rings. The van der Waals surface area contributed by atoms with Gasteiger partial charge in [0.1, 0.15) is 0 Å². The molecule has 17 heteroatoms. The molecular formula is C12H18Cl2N8O4PdS2+2. The van der Waals surface area contributed by atoms with Crippen molar-refractivity contribution in [3.8, 4) is 0 Å². The van der Waals surface area contributed by atoms with Gasteiger partial charge in [0.2, 0.25) is 0 Å². The monoisotopic (exact) mass is 578 g/mol. The molecule has 0 unspecified atom stereocenters. The zero-order valence-corrected chi connectivity index (χ0v) is 20.2. The maximum atomic E-state index is 11.4. The van der Waals surface area contributed by atoms with Crippen molar-refractivity contribution in [1.82, 2.24) is 9.13 Å². The summed E-state index contributed by atoms with van der Waals surface area (Å²) in [6.07, 6.45) is 3.58. The van der Waals surface area contributed by atoms with Crippen LogP contribution in [0, 0.1) is 9.81 Å². The summed E-state index contributed by atoms with van der Waals surface area (Å²) < 4.78 is 2.58. The van der Waals surface area contributed by atoms with E-state index in [1.807, 2.05) is 0 Å². The minimum atomic E-state index is -0.490. The minimum absolute atomic E-state index is 0.00227. The summed E-state index contributed by atoms with van der Waals surface area (Å²) in [5, 5.41) is 6.27. The Morgan fingerprint density at radius 3 is 1.34 bits per heavy atom. The number of rotatable bonds is 4. The van der Waals surface area contributed by atoms with Gasteiger partial charge in [0, 0.05) is 0 Å². The number of halogens is 2. The topological polar surface area (TPSA) is 183 Å². The predicted octanol–water partition coefficient (Wildman–Crippen LogP) is 1.18. The molecule has 0 fully saturated rings. The van der Waals surface area contributed by atoms with Gasteiger partial charge in [-0.1, -0.05) is 23.5 Å². The van der Waals surface area contributed by atoms with Gasteiger partial charge in [-0.05, 0) is 22.9 Å². The van der Waals surface area contributed by atoms with Crippen molar-refractivity contribution in [2.75, 3.05) is 24.0 Å². The van der Waals surface area contributed by atoms with Crippen LogP contribution in [0.25, 0.3) is 0 Å². The van der Waals surface area contributed by atoms with Gasteiger partial charge >= 0.3 is 46.1 Å². The van der Waals surface area contributed by atoms with Gasteiger partial charge in [0.25, 0.3) is 33.3 Å². The molecular weight excluding hydrogens is 562 g/mol. The first-order chi connectivity index (χ1) is 13.6. The molecule has 0 spiro atoms. The first-order valence-electron chi connectivity index (χ1n) is 7.05. The number of nitroso groups, excluding NO2 is 2. The number of hydrogen-bond donors (Lipinski definition) is 2. The molecule has 6 N–H and O–H groups in total. The first-order valence-corrected chi connectivity index (χ1v) is 13.5. The standard InChI is InChI=1S/2C6H8N4O2S.2ClH.Pd/c2*1-10-5(11)3(9-12)4(7)8-6(10)13-2;;;/h2*7H2,1-2H3;2*1H;/q;;;;+2. The fourth-order valence-electron chi connectivity index (χ4n) is 1.80. The Morgan fingerprint density at radius 1 is 0.862 bits per heavy atom. The number of hydrogen-bond acceptors (Lipinski definition) is 10. The third-order valence-electron chi connectivity index (χ3n) is 3.19.